The Bertz CT molecular complexity index is 425. The van der Waals surface area contributed by atoms with Crippen molar-refractivity contribution in [1.82, 2.24) is 8.61 Å². The first-order valence-electron chi connectivity index (χ1n) is 7.16. The van der Waals surface area contributed by atoms with Gasteiger partial charge in [-0.2, -0.15) is 17.0 Å². The minimum absolute atomic E-state index is 0.0140. The molecule has 0 aromatic heterocycles. The number of piperidine rings is 1. The molecule has 0 bridgehead atoms. The summed E-state index contributed by atoms with van der Waals surface area (Å²) in [6.45, 7) is 3.35. The summed E-state index contributed by atoms with van der Waals surface area (Å²) < 4.78 is 28.3. The third-order valence-electron chi connectivity index (χ3n) is 4.34. The van der Waals surface area contributed by atoms with Gasteiger partial charge in [0.05, 0.1) is 0 Å². The summed E-state index contributed by atoms with van der Waals surface area (Å²) in [7, 11) is -1.69. The van der Waals surface area contributed by atoms with Crippen LogP contribution in [-0.4, -0.2) is 49.0 Å². The van der Waals surface area contributed by atoms with Crippen LogP contribution in [0.5, 0.6) is 0 Å². The van der Waals surface area contributed by atoms with Gasteiger partial charge in [-0.3, -0.25) is 4.79 Å². The first-order chi connectivity index (χ1) is 8.91. The predicted octanol–water partition coefficient (Wildman–Crippen LogP) is 1.41. The maximum absolute atomic E-state index is 12.6. The van der Waals surface area contributed by atoms with Gasteiger partial charge in [0.15, 0.2) is 0 Å². The second-order valence-electron chi connectivity index (χ2n) is 5.90. The Morgan fingerprint density at radius 3 is 2.42 bits per heavy atom. The van der Waals surface area contributed by atoms with Crippen molar-refractivity contribution in [3.63, 3.8) is 0 Å². The van der Waals surface area contributed by atoms with Crippen LogP contribution in [0.15, 0.2) is 0 Å². The molecule has 1 saturated heterocycles. The van der Waals surface area contributed by atoms with E-state index in [2.05, 4.69) is 6.92 Å². The van der Waals surface area contributed by atoms with Crippen LogP contribution in [0.3, 0.4) is 0 Å². The fourth-order valence-electron chi connectivity index (χ4n) is 3.01. The first-order valence-corrected chi connectivity index (χ1v) is 8.55. The van der Waals surface area contributed by atoms with Crippen LogP contribution in [0.2, 0.25) is 0 Å². The highest BCUT2D eigenvalue weighted by Crippen LogP contribution is 2.25. The maximum atomic E-state index is 12.6. The molecule has 0 amide bonds. The van der Waals surface area contributed by atoms with Crippen molar-refractivity contribution in [3.8, 4) is 0 Å². The van der Waals surface area contributed by atoms with E-state index < -0.39 is 10.2 Å². The molecule has 0 radical (unpaired) electrons. The number of ketones is 1. The average molecular weight is 288 g/mol. The lowest BCUT2D eigenvalue weighted by Crippen LogP contribution is -2.50. The lowest BCUT2D eigenvalue weighted by Gasteiger charge is -2.37. The van der Waals surface area contributed by atoms with Crippen molar-refractivity contribution in [1.29, 1.82) is 0 Å². The molecule has 1 aliphatic heterocycles. The Balaban J connectivity index is 2.03. The van der Waals surface area contributed by atoms with Crippen LogP contribution >= 0.6 is 0 Å². The van der Waals surface area contributed by atoms with Gasteiger partial charge in [0.1, 0.15) is 5.78 Å². The Kier molecular flexibility index (Phi) is 4.63. The third-order valence-corrected chi connectivity index (χ3v) is 6.35. The monoisotopic (exact) mass is 288 g/mol. The summed E-state index contributed by atoms with van der Waals surface area (Å²) in [5, 5.41) is 0. The molecule has 1 heterocycles. The van der Waals surface area contributed by atoms with Gasteiger partial charge < -0.3 is 0 Å². The van der Waals surface area contributed by atoms with E-state index in [0.29, 0.717) is 44.7 Å². The van der Waals surface area contributed by atoms with E-state index in [4.69, 9.17) is 0 Å². The van der Waals surface area contributed by atoms with Gasteiger partial charge in [-0.05, 0) is 31.6 Å². The molecule has 1 aliphatic carbocycles. The second-order valence-corrected chi connectivity index (χ2v) is 7.89. The van der Waals surface area contributed by atoms with Gasteiger partial charge in [-0.25, -0.2) is 0 Å². The Hall–Kier alpha value is -0.460. The van der Waals surface area contributed by atoms with Crippen LogP contribution in [0.1, 0.15) is 45.4 Å². The predicted molar refractivity (Wildman–Crippen MR) is 73.9 cm³/mol. The SMILES string of the molecule is CC1CCCN(S(=O)(=O)N(C)C2CCC(=O)CC2)C1. The van der Waals surface area contributed by atoms with Crippen molar-refractivity contribution < 1.29 is 13.2 Å². The fraction of sp³-hybridized carbons (Fsp3) is 0.923. The quantitative estimate of drug-likeness (QED) is 0.789. The highest BCUT2D eigenvalue weighted by molar-refractivity contribution is 7.86. The molecule has 2 aliphatic rings. The molecule has 1 saturated carbocycles. The van der Waals surface area contributed by atoms with Crippen molar-refractivity contribution in [2.24, 2.45) is 5.92 Å². The largest absolute Gasteiger partial charge is 0.300 e. The summed E-state index contributed by atoms with van der Waals surface area (Å²) in [6, 6.07) is -0.0140. The Morgan fingerprint density at radius 1 is 1.21 bits per heavy atom. The molecule has 5 nitrogen and oxygen atoms in total. The zero-order valence-corrected chi connectivity index (χ0v) is 12.7. The van der Waals surface area contributed by atoms with Gasteiger partial charge in [0, 0.05) is 39.0 Å². The standard InChI is InChI=1S/C13H24N2O3S/c1-11-4-3-9-15(10-11)19(17,18)14(2)12-5-7-13(16)8-6-12/h11-12H,3-10H2,1-2H3. The highest BCUT2D eigenvalue weighted by Gasteiger charge is 2.35. The molecule has 1 atom stereocenters. The molecular formula is C13H24N2O3S. The van der Waals surface area contributed by atoms with Crippen LogP contribution in [-0.2, 0) is 15.0 Å². The number of rotatable bonds is 3. The summed E-state index contributed by atoms with van der Waals surface area (Å²) in [6.07, 6.45) is 4.41. The summed E-state index contributed by atoms with van der Waals surface area (Å²) in [4.78, 5) is 11.2. The minimum Gasteiger partial charge on any atom is -0.300 e. The molecule has 0 N–H and O–H groups in total. The molecular weight excluding hydrogens is 264 g/mol. The molecule has 0 aromatic rings. The number of nitrogens with zero attached hydrogens (tertiary/aromatic N) is 2. The number of hydrogen-bond donors (Lipinski definition) is 0. The minimum atomic E-state index is -3.36. The maximum Gasteiger partial charge on any atom is 0.281 e. The first kappa shape index (κ1) is 14.9. The van der Waals surface area contributed by atoms with E-state index in [-0.39, 0.29) is 11.8 Å². The van der Waals surface area contributed by atoms with E-state index >= 15 is 0 Å². The number of Topliss-reactive ketones (excluding diaryl/α,β-unsaturated/α-hetero) is 1. The van der Waals surface area contributed by atoms with Gasteiger partial charge in [-0.1, -0.05) is 6.92 Å². The van der Waals surface area contributed by atoms with Crippen LogP contribution < -0.4 is 0 Å². The molecule has 2 fully saturated rings. The van der Waals surface area contributed by atoms with E-state index in [1.807, 2.05) is 0 Å². The Morgan fingerprint density at radius 2 is 1.84 bits per heavy atom. The lowest BCUT2D eigenvalue weighted by atomic mass is 9.95. The lowest BCUT2D eigenvalue weighted by molar-refractivity contribution is -0.120. The smallest absolute Gasteiger partial charge is 0.281 e. The van der Waals surface area contributed by atoms with E-state index in [1.54, 1.807) is 11.4 Å². The summed E-state index contributed by atoms with van der Waals surface area (Å²) >= 11 is 0. The van der Waals surface area contributed by atoms with Crippen LogP contribution in [0.25, 0.3) is 0 Å². The molecule has 0 spiro atoms. The Labute approximate surface area is 116 Å². The van der Waals surface area contributed by atoms with E-state index in [0.717, 1.165) is 12.8 Å². The number of carbonyl (C=O) groups excluding carboxylic acids is 1. The molecule has 6 heteroatoms. The van der Waals surface area contributed by atoms with Crippen molar-refractivity contribution >= 4 is 16.0 Å². The zero-order valence-electron chi connectivity index (χ0n) is 11.8. The van der Waals surface area contributed by atoms with Crippen LogP contribution in [0, 0.1) is 5.92 Å². The van der Waals surface area contributed by atoms with Gasteiger partial charge >= 0.3 is 0 Å². The fourth-order valence-corrected chi connectivity index (χ4v) is 4.77. The topological polar surface area (TPSA) is 57.7 Å². The number of hydrogen-bond acceptors (Lipinski definition) is 3. The molecule has 0 aromatic carbocycles. The average Bonchev–Trinajstić information content (AvgIpc) is 2.39. The van der Waals surface area contributed by atoms with E-state index in [1.165, 1.54) is 4.31 Å². The van der Waals surface area contributed by atoms with Gasteiger partial charge in [0.25, 0.3) is 10.2 Å². The highest BCUT2D eigenvalue weighted by atomic mass is 32.2. The molecule has 2 rings (SSSR count). The van der Waals surface area contributed by atoms with Gasteiger partial charge in [0.2, 0.25) is 0 Å². The van der Waals surface area contributed by atoms with Crippen molar-refractivity contribution in [3.05, 3.63) is 0 Å². The summed E-state index contributed by atoms with van der Waals surface area (Å²) in [5.74, 6) is 0.693. The van der Waals surface area contributed by atoms with Gasteiger partial charge in [-0.15, -0.1) is 0 Å². The second kappa shape index (κ2) is 5.89. The van der Waals surface area contributed by atoms with Crippen molar-refractivity contribution in [2.45, 2.75) is 51.5 Å². The summed E-state index contributed by atoms with van der Waals surface area (Å²) in [5.41, 5.74) is 0. The normalized spacial score (nSPS) is 27.9. The van der Waals surface area contributed by atoms with Crippen molar-refractivity contribution in [2.75, 3.05) is 20.1 Å². The molecule has 1 unspecified atom stereocenters. The molecule has 110 valence electrons. The van der Waals surface area contributed by atoms with E-state index in [9.17, 15) is 13.2 Å². The molecule has 19 heavy (non-hydrogen) atoms. The zero-order chi connectivity index (χ0) is 14.0. The van der Waals surface area contributed by atoms with Crippen LogP contribution in [0.4, 0.5) is 0 Å². The third kappa shape index (κ3) is 3.35. The number of carbonyl (C=O) groups is 1.